The lowest BCUT2D eigenvalue weighted by Crippen LogP contribution is -2.40. The maximum Gasteiger partial charge on any atom is 0.0599 e. The monoisotopic (exact) mass is 178 g/mol. The first-order chi connectivity index (χ1) is 6.22. The molecular weight excluding hydrogens is 160 g/mol. The minimum atomic E-state index is 0.117. The highest BCUT2D eigenvalue weighted by atomic mass is 15.2. The first kappa shape index (κ1) is 9.05. The molecule has 2 heteroatoms. The van der Waals surface area contributed by atoms with Crippen LogP contribution in [0.15, 0.2) is 0 Å². The molecular formula is C11H18N2. The number of hydrogen-bond acceptors (Lipinski definition) is 2. The molecule has 0 aliphatic heterocycles. The van der Waals surface area contributed by atoms with Crippen LogP contribution >= 0.6 is 0 Å². The Balaban J connectivity index is 1.78. The summed E-state index contributed by atoms with van der Waals surface area (Å²) in [6.07, 6.45) is 10.5. The normalized spacial score (nSPS) is 24.4. The van der Waals surface area contributed by atoms with Crippen molar-refractivity contribution < 1.29 is 0 Å². The molecule has 2 N–H and O–H groups in total. The van der Waals surface area contributed by atoms with Crippen LogP contribution in [0.4, 0.5) is 0 Å². The third-order valence-corrected chi connectivity index (χ3v) is 2.96. The first-order valence-corrected chi connectivity index (χ1v) is 5.16. The summed E-state index contributed by atoms with van der Waals surface area (Å²) in [6, 6.07) is 0. The maximum absolute atomic E-state index is 6.06. The van der Waals surface area contributed by atoms with E-state index >= 15 is 0 Å². The molecule has 2 rings (SSSR count). The van der Waals surface area contributed by atoms with Crippen molar-refractivity contribution >= 4 is 0 Å². The maximum atomic E-state index is 6.06. The van der Waals surface area contributed by atoms with E-state index in [1.807, 2.05) is 0 Å². The predicted molar refractivity (Wildman–Crippen MR) is 54.1 cm³/mol. The third kappa shape index (κ3) is 2.72. The van der Waals surface area contributed by atoms with Gasteiger partial charge < -0.3 is 5.73 Å². The molecule has 0 atom stereocenters. The molecule has 0 unspecified atom stereocenters. The van der Waals surface area contributed by atoms with Gasteiger partial charge in [-0.15, -0.1) is 6.42 Å². The van der Waals surface area contributed by atoms with Crippen LogP contribution in [-0.4, -0.2) is 30.1 Å². The molecule has 0 spiro atoms. The van der Waals surface area contributed by atoms with Crippen molar-refractivity contribution in [3.05, 3.63) is 0 Å². The molecule has 2 nitrogen and oxygen atoms in total. The van der Waals surface area contributed by atoms with Gasteiger partial charge in [0.05, 0.1) is 6.54 Å². The van der Waals surface area contributed by atoms with E-state index in [1.165, 1.54) is 32.2 Å². The van der Waals surface area contributed by atoms with Gasteiger partial charge in [-0.2, -0.15) is 0 Å². The van der Waals surface area contributed by atoms with Gasteiger partial charge in [-0.3, -0.25) is 4.90 Å². The molecule has 72 valence electrons. The predicted octanol–water partition coefficient (Wildman–Crippen LogP) is 0.823. The Morgan fingerprint density at radius 3 is 2.62 bits per heavy atom. The van der Waals surface area contributed by atoms with Crippen LogP contribution in [0.2, 0.25) is 0 Å². The van der Waals surface area contributed by atoms with E-state index < -0.39 is 0 Å². The van der Waals surface area contributed by atoms with Gasteiger partial charge in [0.2, 0.25) is 0 Å². The fraction of sp³-hybridized carbons (Fsp3) is 0.818. The smallest absolute Gasteiger partial charge is 0.0599 e. The van der Waals surface area contributed by atoms with E-state index in [1.54, 1.807) is 0 Å². The van der Waals surface area contributed by atoms with E-state index in [0.29, 0.717) is 0 Å². The van der Waals surface area contributed by atoms with E-state index in [-0.39, 0.29) is 5.54 Å². The zero-order valence-corrected chi connectivity index (χ0v) is 8.13. The summed E-state index contributed by atoms with van der Waals surface area (Å²) in [7, 11) is 0. The first-order valence-electron chi connectivity index (χ1n) is 5.16. The fourth-order valence-electron chi connectivity index (χ4n) is 1.74. The molecule has 0 bridgehead atoms. The molecule has 0 radical (unpaired) electrons. The second-order valence-corrected chi connectivity index (χ2v) is 4.68. The van der Waals surface area contributed by atoms with Crippen LogP contribution in [0.5, 0.6) is 0 Å². The Bertz CT molecular complexity index is 221. The van der Waals surface area contributed by atoms with Crippen LogP contribution in [0.3, 0.4) is 0 Å². The van der Waals surface area contributed by atoms with E-state index in [4.69, 9.17) is 12.2 Å². The summed E-state index contributed by atoms with van der Waals surface area (Å²) in [6.45, 7) is 2.95. The fourth-order valence-corrected chi connectivity index (χ4v) is 1.74. The van der Waals surface area contributed by atoms with Crippen molar-refractivity contribution in [3.8, 4) is 12.3 Å². The van der Waals surface area contributed by atoms with Gasteiger partial charge in [0, 0.05) is 18.6 Å². The number of hydrogen-bond donors (Lipinski definition) is 1. The number of terminal acetylenes is 1. The van der Waals surface area contributed by atoms with Crippen LogP contribution in [-0.2, 0) is 0 Å². The quantitative estimate of drug-likeness (QED) is 0.632. The number of nitrogens with two attached hydrogens (primary N) is 1. The summed E-state index contributed by atoms with van der Waals surface area (Å²) in [5.41, 5.74) is 6.18. The lowest BCUT2D eigenvalue weighted by molar-refractivity contribution is 0.268. The Hall–Kier alpha value is -0.520. The summed E-state index contributed by atoms with van der Waals surface area (Å²) >= 11 is 0. The van der Waals surface area contributed by atoms with Crippen LogP contribution in [0, 0.1) is 18.3 Å². The van der Waals surface area contributed by atoms with Crippen LogP contribution in [0.25, 0.3) is 0 Å². The Labute approximate surface area is 80.5 Å². The minimum Gasteiger partial charge on any atom is -0.324 e. The molecule has 13 heavy (non-hydrogen) atoms. The average Bonchev–Trinajstić information content (AvgIpc) is 2.92. The zero-order valence-electron chi connectivity index (χ0n) is 8.13. The molecule has 2 fully saturated rings. The van der Waals surface area contributed by atoms with E-state index in [2.05, 4.69) is 10.8 Å². The molecule has 2 aliphatic rings. The average molecular weight is 178 g/mol. The van der Waals surface area contributed by atoms with E-state index in [9.17, 15) is 0 Å². The topological polar surface area (TPSA) is 29.3 Å². The SMILES string of the molecule is C#CCN(CC1CC1)CC1(N)CC1. The molecule has 0 aromatic heterocycles. The second-order valence-electron chi connectivity index (χ2n) is 4.68. The summed E-state index contributed by atoms with van der Waals surface area (Å²) < 4.78 is 0. The molecule has 2 aliphatic carbocycles. The van der Waals surface area contributed by atoms with Gasteiger partial charge in [-0.25, -0.2) is 0 Å². The Morgan fingerprint density at radius 1 is 1.46 bits per heavy atom. The van der Waals surface area contributed by atoms with Crippen molar-refractivity contribution in [3.63, 3.8) is 0 Å². The highest BCUT2D eigenvalue weighted by molar-refractivity contribution is 5.03. The third-order valence-electron chi connectivity index (χ3n) is 2.96. The van der Waals surface area contributed by atoms with Crippen molar-refractivity contribution in [1.29, 1.82) is 0 Å². The molecule has 0 saturated heterocycles. The van der Waals surface area contributed by atoms with Crippen molar-refractivity contribution in [1.82, 2.24) is 4.90 Å². The minimum absolute atomic E-state index is 0.117. The highest BCUT2D eigenvalue weighted by Gasteiger charge is 2.40. The largest absolute Gasteiger partial charge is 0.324 e. The Kier molecular flexibility index (Phi) is 2.31. The van der Waals surface area contributed by atoms with E-state index in [0.717, 1.165) is 19.0 Å². The van der Waals surface area contributed by atoms with Gasteiger partial charge >= 0.3 is 0 Å². The highest BCUT2D eigenvalue weighted by Crippen LogP contribution is 2.35. The van der Waals surface area contributed by atoms with Crippen molar-refractivity contribution in [2.45, 2.75) is 31.2 Å². The number of rotatable bonds is 5. The zero-order chi connectivity index (χ0) is 9.31. The second kappa shape index (κ2) is 3.32. The summed E-state index contributed by atoms with van der Waals surface area (Å²) in [5.74, 6) is 3.63. The van der Waals surface area contributed by atoms with Crippen molar-refractivity contribution in [2.75, 3.05) is 19.6 Å². The molecule has 0 aromatic carbocycles. The number of nitrogens with zero attached hydrogens (tertiary/aromatic N) is 1. The van der Waals surface area contributed by atoms with Gasteiger partial charge in [-0.05, 0) is 31.6 Å². The Morgan fingerprint density at radius 2 is 2.15 bits per heavy atom. The van der Waals surface area contributed by atoms with Crippen LogP contribution < -0.4 is 5.73 Å². The standard InChI is InChI=1S/C11H18N2/c1-2-7-13(8-10-3-4-10)9-11(12)5-6-11/h1,10H,3-9,12H2. The molecule has 2 saturated carbocycles. The van der Waals surface area contributed by atoms with Crippen LogP contribution in [0.1, 0.15) is 25.7 Å². The van der Waals surface area contributed by atoms with Gasteiger partial charge in [0.1, 0.15) is 0 Å². The lowest BCUT2D eigenvalue weighted by atomic mass is 10.2. The lowest BCUT2D eigenvalue weighted by Gasteiger charge is -2.23. The van der Waals surface area contributed by atoms with Gasteiger partial charge in [0.15, 0.2) is 0 Å². The summed E-state index contributed by atoms with van der Waals surface area (Å²) in [5, 5.41) is 0. The molecule has 0 aromatic rings. The van der Waals surface area contributed by atoms with Crippen molar-refractivity contribution in [2.24, 2.45) is 11.7 Å². The molecule has 0 heterocycles. The summed E-state index contributed by atoms with van der Waals surface area (Å²) in [4.78, 5) is 2.35. The van der Waals surface area contributed by atoms with Gasteiger partial charge in [0.25, 0.3) is 0 Å². The molecule has 0 amide bonds. The van der Waals surface area contributed by atoms with Gasteiger partial charge in [-0.1, -0.05) is 5.92 Å².